The van der Waals surface area contributed by atoms with E-state index in [1.54, 1.807) is 14.2 Å². The number of methoxy groups -OCH3 is 2. The molecule has 0 aliphatic heterocycles. The van der Waals surface area contributed by atoms with Crippen LogP contribution in [-0.4, -0.2) is 19.2 Å². The van der Waals surface area contributed by atoms with Crippen LogP contribution in [0.15, 0.2) is 66.7 Å². The lowest BCUT2D eigenvalue weighted by molar-refractivity contribution is 0.404. The molecule has 0 saturated carbocycles. The topological polar surface area (TPSA) is 31.4 Å². The highest BCUT2D eigenvalue weighted by Gasteiger charge is 2.19. The SMILES string of the molecule is COc1cccc(-c2c(-c3ccccc3C)nc(OC)c3ccc(C)cc23)c1. The number of pyridine rings is 1. The monoisotopic (exact) mass is 369 g/mol. The van der Waals surface area contributed by atoms with Crippen LogP contribution < -0.4 is 9.47 Å². The zero-order chi connectivity index (χ0) is 19.7. The molecule has 0 bridgehead atoms. The fourth-order valence-corrected chi connectivity index (χ4v) is 3.66. The van der Waals surface area contributed by atoms with E-state index in [0.717, 1.165) is 38.9 Å². The van der Waals surface area contributed by atoms with Crippen molar-refractivity contribution in [3.8, 4) is 34.0 Å². The van der Waals surface area contributed by atoms with E-state index in [2.05, 4.69) is 56.3 Å². The van der Waals surface area contributed by atoms with E-state index in [0.29, 0.717) is 5.88 Å². The minimum absolute atomic E-state index is 0.639. The fourth-order valence-electron chi connectivity index (χ4n) is 3.66. The van der Waals surface area contributed by atoms with Crippen molar-refractivity contribution in [2.45, 2.75) is 13.8 Å². The van der Waals surface area contributed by atoms with Crippen LogP contribution in [0, 0.1) is 13.8 Å². The van der Waals surface area contributed by atoms with Gasteiger partial charge in [-0.3, -0.25) is 0 Å². The molecule has 0 spiro atoms. The molecule has 0 N–H and O–H groups in total. The van der Waals surface area contributed by atoms with Crippen LogP contribution in [0.3, 0.4) is 0 Å². The summed E-state index contributed by atoms with van der Waals surface area (Å²) in [5.74, 6) is 1.46. The van der Waals surface area contributed by atoms with Gasteiger partial charge in [0.2, 0.25) is 5.88 Å². The predicted molar refractivity (Wildman–Crippen MR) is 115 cm³/mol. The predicted octanol–water partition coefficient (Wildman–Crippen LogP) is 6.20. The maximum Gasteiger partial charge on any atom is 0.221 e. The van der Waals surface area contributed by atoms with Crippen molar-refractivity contribution < 1.29 is 9.47 Å². The highest BCUT2D eigenvalue weighted by Crippen LogP contribution is 2.42. The van der Waals surface area contributed by atoms with E-state index in [1.165, 1.54) is 11.1 Å². The summed E-state index contributed by atoms with van der Waals surface area (Å²) in [6.45, 7) is 4.22. The number of aromatic nitrogens is 1. The van der Waals surface area contributed by atoms with Crippen LogP contribution in [-0.2, 0) is 0 Å². The van der Waals surface area contributed by atoms with Crippen molar-refractivity contribution in [1.82, 2.24) is 4.98 Å². The number of hydrogen-bond donors (Lipinski definition) is 0. The second-order valence-electron chi connectivity index (χ2n) is 6.94. The van der Waals surface area contributed by atoms with Gasteiger partial charge in [-0.25, -0.2) is 4.98 Å². The van der Waals surface area contributed by atoms with Crippen molar-refractivity contribution in [1.29, 1.82) is 0 Å². The maximum absolute atomic E-state index is 5.67. The molecule has 0 aliphatic carbocycles. The van der Waals surface area contributed by atoms with Gasteiger partial charge in [-0.2, -0.15) is 0 Å². The molecule has 0 unspecified atom stereocenters. The lowest BCUT2D eigenvalue weighted by Gasteiger charge is -2.18. The van der Waals surface area contributed by atoms with Gasteiger partial charge in [0, 0.05) is 16.5 Å². The highest BCUT2D eigenvalue weighted by molar-refractivity contribution is 6.05. The Morgan fingerprint density at radius 2 is 1.57 bits per heavy atom. The Morgan fingerprint density at radius 1 is 0.750 bits per heavy atom. The van der Waals surface area contributed by atoms with Gasteiger partial charge < -0.3 is 9.47 Å². The number of nitrogens with zero attached hydrogens (tertiary/aromatic N) is 1. The maximum atomic E-state index is 5.67. The Bertz CT molecular complexity index is 1160. The Morgan fingerprint density at radius 3 is 2.32 bits per heavy atom. The fraction of sp³-hybridized carbons (Fsp3) is 0.160. The number of rotatable bonds is 4. The smallest absolute Gasteiger partial charge is 0.221 e. The molecule has 0 atom stereocenters. The summed E-state index contributed by atoms with van der Waals surface area (Å²) in [5.41, 5.74) is 6.55. The van der Waals surface area contributed by atoms with E-state index in [4.69, 9.17) is 14.5 Å². The summed E-state index contributed by atoms with van der Waals surface area (Å²) in [6, 6.07) is 22.8. The third-order valence-electron chi connectivity index (χ3n) is 5.08. The normalized spacial score (nSPS) is 10.9. The molecule has 0 aliphatic rings. The van der Waals surface area contributed by atoms with Crippen molar-refractivity contribution in [2.75, 3.05) is 14.2 Å². The Labute approximate surface area is 165 Å². The number of ether oxygens (including phenoxy) is 2. The zero-order valence-corrected chi connectivity index (χ0v) is 16.6. The molecule has 4 aromatic rings. The molecular formula is C25H23NO2. The van der Waals surface area contributed by atoms with Gasteiger partial charge in [0.25, 0.3) is 0 Å². The van der Waals surface area contributed by atoms with E-state index >= 15 is 0 Å². The molecular weight excluding hydrogens is 346 g/mol. The van der Waals surface area contributed by atoms with Gasteiger partial charge in [-0.15, -0.1) is 0 Å². The van der Waals surface area contributed by atoms with Gasteiger partial charge in [0.15, 0.2) is 0 Å². The first-order valence-electron chi connectivity index (χ1n) is 9.31. The molecule has 3 heteroatoms. The number of aryl methyl sites for hydroxylation is 2. The third-order valence-corrected chi connectivity index (χ3v) is 5.08. The Hall–Kier alpha value is -3.33. The molecule has 3 nitrogen and oxygen atoms in total. The average Bonchev–Trinajstić information content (AvgIpc) is 2.72. The van der Waals surface area contributed by atoms with Crippen molar-refractivity contribution in [3.05, 3.63) is 77.9 Å². The minimum atomic E-state index is 0.639. The van der Waals surface area contributed by atoms with Crippen molar-refractivity contribution in [3.63, 3.8) is 0 Å². The molecule has 140 valence electrons. The molecule has 0 saturated heterocycles. The molecule has 0 radical (unpaired) electrons. The molecule has 1 aromatic heterocycles. The minimum Gasteiger partial charge on any atom is -0.497 e. The zero-order valence-electron chi connectivity index (χ0n) is 16.6. The van der Waals surface area contributed by atoms with E-state index in [9.17, 15) is 0 Å². The van der Waals surface area contributed by atoms with Crippen molar-refractivity contribution in [2.24, 2.45) is 0 Å². The van der Waals surface area contributed by atoms with E-state index < -0.39 is 0 Å². The number of hydrogen-bond acceptors (Lipinski definition) is 3. The largest absolute Gasteiger partial charge is 0.497 e. The number of fused-ring (bicyclic) bond motifs is 1. The van der Waals surface area contributed by atoms with Crippen LogP contribution in [0.5, 0.6) is 11.6 Å². The molecule has 3 aromatic carbocycles. The molecule has 0 amide bonds. The Kier molecular flexibility index (Phi) is 4.74. The van der Waals surface area contributed by atoms with Crippen molar-refractivity contribution >= 4 is 10.8 Å². The standard InChI is InChI=1S/C25H23NO2/c1-16-12-13-21-22(14-16)23(18-9-7-10-19(15-18)27-3)24(26-25(21)28-4)20-11-6-5-8-17(20)2/h5-15H,1-4H3. The molecule has 1 heterocycles. The molecule has 4 rings (SSSR count). The summed E-state index contributed by atoms with van der Waals surface area (Å²) in [6.07, 6.45) is 0. The highest BCUT2D eigenvalue weighted by atomic mass is 16.5. The van der Waals surface area contributed by atoms with Crippen LogP contribution in [0.4, 0.5) is 0 Å². The summed E-state index contributed by atoms with van der Waals surface area (Å²) in [7, 11) is 3.37. The van der Waals surface area contributed by atoms with Gasteiger partial charge in [0.1, 0.15) is 5.75 Å². The van der Waals surface area contributed by atoms with Gasteiger partial charge in [-0.1, -0.05) is 54.1 Å². The van der Waals surface area contributed by atoms with Crippen LogP contribution in [0.1, 0.15) is 11.1 Å². The summed E-state index contributed by atoms with van der Waals surface area (Å²) < 4.78 is 11.2. The summed E-state index contributed by atoms with van der Waals surface area (Å²) in [5, 5.41) is 2.13. The van der Waals surface area contributed by atoms with E-state index in [-0.39, 0.29) is 0 Å². The second-order valence-corrected chi connectivity index (χ2v) is 6.94. The Balaban J connectivity index is 2.17. The molecule has 28 heavy (non-hydrogen) atoms. The van der Waals surface area contributed by atoms with E-state index in [1.807, 2.05) is 24.3 Å². The van der Waals surface area contributed by atoms with Gasteiger partial charge in [0.05, 0.1) is 19.9 Å². The van der Waals surface area contributed by atoms with Crippen LogP contribution in [0.25, 0.3) is 33.2 Å². The lowest BCUT2D eigenvalue weighted by atomic mass is 9.91. The first-order valence-corrected chi connectivity index (χ1v) is 9.31. The van der Waals surface area contributed by atoms with Gasteiger partial charge in [-0.05, 0) is 48.6 Å². The third kappa shape index (κ3) is 3.09. The number of benzene rings is 3. The molecule has 0 fully saturated rings. The second kappa shape index (κ2) is 7.35. The quantitative estimate of drug-likeness (QED) is 0.429. The van der Waals surface area contributed by atoms with Gasteiger partial charge >= 0.3 is 0 Å². The lowest BCUT2D eigenvalue weighted by Crippen LogP contribution is -1.98. The van der Waals surface area contributed by atoms with Crippen LogP contribution in [0.2, 0.25) is 0 Å². The average molecular weight is 369 g/mol. The van der Waals surface area contributed by atoms with Crippen LogP contribution >= 0.6 is 0 Å². The first kappa shape index (κ1) is 18.1. The first-order chi connectivity index (χ1) is 13.6. The summed E-state index contributed by atoms with van der Waals surface area (Å²) >= 11 is 0. The summed E-state index contributed by atoms with van der Waals surface area (Å²) in [4.78, 5) is 4.95.